The SMILES string of the molecule is C/C=C\C=C(/N)c1cccc(-c2ccc(/C(=C3/Cc4ccccc4S3)c3ccccc3N)cc2)n1.C=C.Nc1ccccc1/C(=C1\Cc2ccccc2S1)c1ccc(-n2c(-c3ccccc3)nc3ccccc32)cc1. The first-order valence-electron chi connectivity index (χ1n) is 24.9. The van der Waals surface area contributed by atoms with Gasteiger partial charge in [-0.3, -0.25) is 4.57 Å². The third kappa shape index (κ3) is 10.7. The average Bonchev–Trinajstić information content (AvgIpc) is 4.21. The normalized spacial score (nSPS) is 14.1. The molecular formula is C67H56N6S2. The molecule has 12 rings (SSSR count). The van der Waals surface area contributed by atoms with E-state index in [0.29, 0.717) is 5.70 Å². The van der Waals surface area contributed by atoms with Crippen molar-refractivity contribution in [2.75, 3.05) is 11.5 Å². The lowest BCUT2D eigenvalue weighted by molar-refractivity contribution is 1.10. The summed E-state index contributed by atoms with van der Waals surface area (Å²) in [5, 5.41) is 0. The molecule has 0 bridgehead atoms. The number of pyridine rings is 1. The van der Waals surface area contributed by atoms with E-state index in [2.05, 4.69) is 182 Å². The number of aromatic nitrogens is 3. The predicted molar refractivity (Wildman–Crippen MR) is 320 cm³/mol. The molecule has 8 aromatic carbocycles. The molecule has 6 nitrogen and oxygen atoms in total. The van der Waals surface area contributed by atoms with Gasteiger partial charge in [0.1, 0.15) is 5.82 Å². The van der Waals surface area contributed by atoms with E-state index < -0.39 is 0 Å². The van der Waals surface area contributed by atoms with Gasteiger partial charge in [0, 0.05) is 82.9 Å². The summed E-state index contributed by atoms with van der Waals surface area (Å²) >= 11 is 3.70. The van der Waals surface area contributed by atoms with E-state index in [0.717, 1.165) is 91.5 Å². The minimum Gasteiger partial charge on any atom is -0.398 e. The van der Waals surface area contributed by atoms with Crippen molar-refractivity contribution in [1.29, 1.82) is 0 Å². The summed E-state index contributed by atoms with van der Waals surface area (Å²) in [4.78, 5) is 15.1. The topological polar surface area (TPSA) is 109 Å². The molecule has 0 radical (unpaired) electrons. The lowest BCUT2D eigenvalue weighted by atomic mass is 9.93. The van der Waals surface area contributed by atoms with Crippen LogP contribution in [-0.2, 0) is 12.8 Å². The summed E-state index contributed by atoms with van der Waals surface area (Å²) in [6.45, 7) is 7.96. The van der Waals surface area contributed by atoms with Crippen LogP contribution < -0.4 is 17.2 Å². The van der Waals surface area contributed by atoms with Crippen LogP contribution in [0.4, 0.5) is 11.4 Å². The quantitative estimate of drug-likeness (QED) is 0.0751. The molecule has 0 spiro atoms. The van der Waals surface area contributed by atoms with Crippen LogP contribution in [0.2, 0.25) is 0 Å². The lowest BCUT2D eigenvalue weighted by Gasteiger charge is -2.16. The molecule has 10 aromatic rings. The smallest absolute Gasteiger partial charge is 0.145 e. The fraction of sp³-hybridized carbons (Fsp3) is 0.0448. The van der Waals surface area contributed by atoms with Crippen LogP contribution in [0.25, 0.3) is 56.2 Å². The number of fused-ring (bicyclic) bond motifs is 3. The zero-order chi connectivity index (χ0) is 51.7. The Morgan fingerprint density at radius 2 is 1.04 bits per heavy atom. The van der Waals surface area contributed by atoms with Crippen LogP contribution in [0.3, 0.4) is 0 Å². The van der Waals surface area contributed by atoms with Gasteiger partial charge in [0.15, 0.2) is 0 Å². The third-order valence-corrected chi connectivity index (χ3v) is 15.5. The fourth-order valence-electron chi connectivity index (χ4n) is 9.54. The highest BCUT2D eigenvalue weighted by atomic mass is 32.2. The molecule has 6 N–H and O–H groups in total. The van der Waals surface area contributed by atoms with E-state index in [4.69, 9.17) is 27.2 Å². The number of rotatable bonds is 9. The zero-order valence-corrected chi connectivity index (χ0v) is 43.4. The average molecular weight is 1010 g/mol. The van der Waals surface area contributed by atoms with Crippen LogP contribution in [-0.4, -0.2) is 14.5 Å². The van der Waals surface area contributed by atoms with Crippen molar-refractivity contribution in [3.8, 4) is 28.3 Å². The highest BCUT2D eigenvalue weighted by Crippen LogP contribution is 2.48. The molecule has 2 aliphatic rings. The number of thioether (sulfide) groups is 2. The number of para-hydroxylation sites is 4. The minimum absolute atomic E-state index is 0.644. The molecule has 0 fully saturated rings. The number of allylic oxidation sites excluding steroid dienone is 5. The van der Waals surface area contributed by atoms with Crippen LogP contribution in [0, 0.1) is 0 Å². The van der Waals surface area contributed by atoms with Gasteiger partial charge in [-0.25, -0.2) is 9.97 Å². The van der Waals surface area contributed by atoms with Crippen molar-refractivity contribution in [3.05, 3.63) is 299 Å². The van der Waals surface area contributed by atoms with Gasteiger partial charge in [-0.1, -0.05) is 193 Å². The molecule has 0 aliphatic carbocycles. The Bertz CT molecular complexity index is 3740. The molecule has 0 atom stereocenters. The number of nitrogens with two attached hydrogens (primary N) is 3. The second-order valence-corrected chi connectivity index (χ2v) is 20.1. The zero-order valence-electron chi connectivity index (χ0n) is 41.7. The van der Waals surface area contributed by atoms with Crippen molar-refractivity contribution in [2.24, 2.45) is 5.73 Å². The number of nitrogens with zero attached hydrogens (tertiary/aromatic N) is 3. The van der Waals surface area contributed by atoms with Gasteiger partial charge in [-0.2, -0.15) is 0 Å². The van der Waals surface area contributed by atoms with E-state index in [-0.39, 0.29) is 0 Å². The predicted octanol–water partition coefficient (Wildman–Crippen LogP) is 16.5. The summed E-state index contributed by atoms with van der Waals surface area (Å²) in [6.07, 6.45) is 7.56. The van der Waals surface area contributed by atoms with Crippen LogP contribution in [0.5, 0.6) is 0 Å². The molecule has 2 aliphatic heterocycles. The summed E-state index contributed by atoms with van der Waals surface area (Å²) in [5.41, 5.74) is 37.9. The van der Waals surface area contributed by atoms with Crippen molar-refractivity contribution >= 4 is 62.8 Å². The van der Waals surface area contributed by atoms with E-state index in [1.165, 1.54) is 41.9 Å². The number of hydrogen-bond acceptors (Lipinski definition) is 7. The second-order valence-electron chi connectivity index (χ2n) is 17.8. The van der Waals surface area contributed by atoms with Crippen LogP contribution >= 0.6 is 23.5 Å². The Balaban J connectivity index is 0.000000166. The van der Waals surface area contributed by atoms with Gasteiger partial charge in [0.25, 0.3) is 0 Å². The summed E-state index contributed by atoms with van der Waals surface area (Å²) in [5.74, 6) is 0.937. The van der Waals surface area contributed by atoms with E-state index in [1.807, 2.05) is 103 Å². The Kier molecular flexibility index (Phi) is 15.2. The largest absolute Gasteiger partial charge is 0.398 e. The van der Waals surface area contributed by atoms with Gasteiger partial charge in [0.2, 0.25) is 0 Å². The second kappa shape index (κ2) is 22.9. The molecule has 2 aromatic heterocycles. The maximum Gasteiger partial charge on any atom is 0.145 e. The van der Waals surface area contributed by atoms with Gasteiger partial charge in [-0.15, -0.1) is 13.2 Å². The monoisotopic (exact) mass is 1010 g/mol. The van der Waals surface area contributed by atoms with Crippen LogP contribution in [0.1, 0.15) is 46.0 Å². The number of benzene rings is 8. The van der Waals surface area contributed by atoms with Gasteiger partial charge in [0.05, 0.1) is 28.1 Å². The molecule has 366 valence electrons. The number of hydrogen-bond donors (Lipinski definition) is 3. The summed E-state index contributed by atoms with van der Waals surface area (Å²) < 4.78 is 2.25. The molecule has 0 saturated carbocycles. The van der Waals surface area contributed by atoms with E-state index >= 15 is 0 Å². The van der Waals surface area contributed by atoms with Crippen LogP contribution in [0.15, 0.2) is 269 Å². The first-order valence-corrected chi connectivity index (χ1v) is 26.5. The Labute approximate surface area is 448 Å². The minimum atomic E-state index is 0.644. The van der Waals surface area contributed by atoms with Gasteiger partial charge in [-0.05, 0) is 95.9 Å². The lowest BCUT2D eigenvalue weighted by Crippen LogP contribution is -2.00. The van der Waals surface area contributed by atoms with E-state index in [1.54, 1.807) is 0 Å². The third-order valence-electron chi connectivity index (χ3n) is 13.1. The standard InChI is InChI=1S/C34H25N3S.C31H27N3S.C2H4/c35-28-14-6-5-13-27(28)33(32-22-25-12-4-9-17-31(25)38-32)23-18-20-26(21-19-23)37-30-16-8-7-15-29(30)36-34(37)24-10-2-1-3-11-24;1-2-3-11-26(33)28-14-8-13-27(34-28)21-16-18-22(19-17-21)31(24-10-5-6-12-25(24)32)30-20-23-9-4-7-15-29(23)35-30;1-2/h1-21H,22,35H2;2-19H,20,32-33H2,1H3;1-2H2/b33-32+;3-2-,26-11-,31-30+;. The number of nitrogen functional groups attached to an aromatic ring is 2. The molecular weight excluding hydrogens is 953 g/mol. The molecule has 0 saturated heterocycles. The maximum atomic E-state index is 6.53. The van der Waals surface area contributed by atoms with Crippen molar-refractivity contribution in [1.82, 2.24) is 14.5 Å². The molecule has 0 unspecified atom stereocenters. The maximum absolute atomic E-state index is 6.53. The van der Waals surface area contributed by atoms with Gasteiger partial charge < -0.3 is 17.2 Å². The highest BCUT2D eigenvalue weighted by Gasteiger charge is 2.25. The number of anilines is 2. The number of imidazole rings is 1. The van der Waals surface area contributed by atoms with Crippen molar-refractivity contribution in [2.45, 2.75) is 29.6 Å². The summed E-state index contributed by atoms with van der Waals surface area (Å²) in [7, 11) is 0. The van der Waals surface area contributed by atoms with Crippen molar-refractivity contribution in [3.63, 3.8) is 0 Å². The Morgan fingerprint density at radius 3 is 1.61 bits per heavy atom. The first kappa shape index (κ1) is 49.7. The molecule has 0 amide bonds. The first-order chi connectivity index (χ1) is 36.9. The van der Waals surface area contributed by atoms with E-state index in [9.17, 15) is 0 Å². The summed E-state index contributed by atoms with van der Waals surface area (Å²) in [6, 6.07) is 75.6. The Morgan fingerprint density at radius 1 is 0.520 bits per heavy atom. The molecule has 75 heavy (non-hydrogen) atoms. The molecule has 4 heterocycles. The molecule has 8 heteroatoms. The Hall–Kier alpha value is -8.82. The van der Waals surface area contributed by atoms with Gasteiger partial charge >= 0.3 is 0 Å². The fourth-order valence-corrected chi connectivity index (χ4v) is 12.0. The highest BCUT2D eigenvalue weighted by molar-refractivity contribution is 8.04. The van der Waals surface area contributed by atoms with Crippen molar-refractivity contribution < 1.29 is 0 Å².